The number of urea groups is 1. The summed E-state index contributed by atoms with van der Waals surface area (Å²) < 4.78 is 16.5. The molecule has 3 heterocycles. The van der Waals surface area contributed by atoms with Crippen LogP contribution in [0, 0.1) is 0 Å². The molecule has 1 aliphatic carbocycles. The molecule has 1 aromatic heterocycles. The summed E-state index contributed by atoms with van der Waals surface area (Å²) in [7, 11) is 0. The van der Waals surface area contributed by atoms with Gasteiger partial charge in [0.15, 0.2) is 17.6 Å². The Labute approximate surface area is 206 Å². The number of para-hydroxylation sites is 1. The number of benzene rings is 2. The van der Waals surface area contributed by atoms with Crippen molar-refractivity contribution in [2.45, 2.75) is 25.9 Å². The predicted octanol–water partition coefficient (Wildman–Crippen LogP) is 3.55. The molecule has 182 valence electrons. The average Bonchev–Trinajstić information content (AvgIpc) is 3.62. The molecule has 1 unspecified atom stereocenters. The lowest BCUT2D eigenvalue weighted by molar-refractivity contribution is -0.136. The second kappa shape index (κ2) is 8.67. The van der Waals surface area contributed by atoms with Gasteiger partial charge in [0, 0.05) is 18.5 Å². The Bertz CT molecular complexity index is 1460. The Morgan fingerprint density at radius 1 is 1.14 bits per heavy atom. The molecule has 2 aromatic carbocycles. The van der Waals surface area contributed by atoms with Gasteiger partial charge in [0.1, 0.15) is 0 Å². The number of nitrogens with one attached hydrogen (secondary N) is 1. The lowest BCUT2D eigenvalue weighted by Gasteiger charge is -2.19. The maximum Gasteiger partial charge on any atom is 0.339 e. The third-order valence-corrected chi connectivity index (χ3v) is 6.64. The van der Waals surface area contributed by atoms with Crippen LogP contribution in [0.25, 0.3) is 22.6 Å². The normalized spacial score (nSPS) is 17.9. The van der Waals surface area contributed by atoms with Crippen molar-refractivity contribution in [3.8, 4) is 11.5 Å². The maximum atomic E-state index is 13.5. The molecular formula is C27H23N3O6. The van der Waals surface area contributed by atoms with Crippen LogP contribution in [-0.2, 0) is 16.0 Å². The molecule has 36 heavy (non-hydrogen) atoms. The zero-order chi connectivity index (χ0) is 24.8. The predicted molar refractivity (Wildman–Crippen MR) is 130 cm³/mol. The SMILES string of the molecule is CC(OC(=O)c1c2c(nc3ccccc13)/C(=C/c1ccc3c(c1)OCO3)CC2)C(=O)N1CCNC1=O. The van der Waals surface area contributed by atoms with Crippen molar-refractivity contribution in [1.29, 1.82) is 0 Å². The van der Waals surface area contributed by atoms with E-state index in [0.717, 1.165) is 27.3 Å². The number of nitrogens with zero attached hydrogens (tertiary/aromatic N) is 2. The highest BCUT2D eigenvalue weighted by molar-refractivity contribution is 6.08. The largest absolute Gasteiger partial charge is 0.454 e. The van der Waals surface area contributed by atoms with Crippen molar-refractivity contribution in [3.05, 3.63) is 64.8 Å². The van der Waals surface area contributed by atoms with Crippen LogP contribution in [0.2, 0.25) is 0 Å². The molecule has 3 amide bonds. The number of pyridine rings is 1. The van der Waals surface area contributed by atoms with Gasteiger partial charge >= 0.3 is 12.0 Å². The molecule has 0 saturated carbocycles. The second-order valence-corrected chi connectivity index (χ2v) is 8.88. The molecule has 0 spiro atoms. The van der Waals surface area contributed by atoms with E-state index in [9.17, 15) is 14.4 Å². The van der Waals surface area contributed by atoms with E-state index >= 15 is 0 Å². The van der Waals surface area contributed by atoms with Gasteiger partial charge in [-0.05, 0) is 60.7 Å². The minimum Gasteiger partial charge on any atom is -0.454 e. The summed E-state index contributed by atoms with van der Waals surface area (Å²) in [5, 5.41) is 3.25. The van der Waals surface area contributed by atoms with Crippen molar-refractivity contribution in [3.63, 3.8) is 0 Å². The lowest BCUT2D eigenvalue weighted by Crippen LogP contribution is -2.41. The van der Waals surface area contributed by atoms with E-state index in [2.05, 4.69) is 5.32 Å². The Hall–Kier alpha value is -4.40. The standard InChI is InChI=1S/C27H23N3O6/c1-15(25(31)30-11-10-28-27(30)33)36-26(32)23-18-4-2-3-5-20(18)29-24-17(7-8-19(23)24)12-16-6-9-21-22(13-16)35-14-34-21/h2-6,9,12-13,15H,7-8,10-11,14H2,1H3,(H,28,33)/b17-12+. The Morgan fingerprint density at radius 3 is 2.81 bits per heavy atom. The fourth-order valence-corrected chi connectivity index (χ4v) is 4.89. The molecular weight excluding hydrogens is 462 g/mol. The van der Waals surface area contributed by atoms with E-state index in [0.29, 0.717) is 47.4 Å². The van der Waals surface area contributed by atoms with Crippen LogP contribution in [-0.4, -0.2) is 53.8 Å². The van der Waals surface area contributed by atoms with Gasteiger partial charge in [-0.2, -0.15) is 0 Å². The quantitative estimate of drug-likeness (QED) is 0.563. The maximum absolute atomic E-state index is 13.5. The third-order valence-electron chi connectivity index (χ3n) is 6.64. The minimum absolute atomic E-state index is 0.209. The van der Waals surface area contributed by atoms with E-state index in [1.54, 1.807) is 0 Å². The molecule has 2 aliphatic heterocycles. The molecule has 9 nitrogen and oxygen atoms in total. The Kier molecular flexibility index (Phi) is 5.32. The van der Waals surface area contributed by atoms with Crippen LogP contribution in [0.1, 0.15) is 40.5 Å². The zero-order valence-corrected chi connectivity index (χ0v) is 19.6. The van der Waals surface area contributed by atoms with E-state index < -0.39 is 24.0 Å². The number of ether oxygens (including phenoxy) is 3. The summed E-state index contributed by atoms with van der Waals surface area (Å²) in [5.74, 6) is 0.267. The summed E-state index contributed by atoms with van der Waals surface area (Å²) in [6.07, 6.45) is 2.26. The van der Waals surface area contributed by atoms with Gasteiger partial charge in [0.25, 0.3) is 5.91 Å². The number of amides is 3. The van der Waals surface area contributed by atoms with Gasteiger partial charge in [-0.25, -0.2) is 14.6 Å². The summed E-state index contributed by atoms with van der Waals surface area (Å²) in [6, 6.07) is 12.7. The van der Waals surface area contributed by atoms with Crippen molar-refractivity contribution >= 4 is 40.5 Å². The van der Waals surface area contributed by atoms with Crippen LogP contribution in [0.4, 0.5) is 4.79 Å². The summed E-state index contributed by atoms with van der Waals surface area (Å²) >= 11 is 0. The first-order chi connectivity index (χ1) is 17.5. The van der Waals surface area contributed by atoms with Gasteiger partial charge in [-0.3, -0.25) is 9.69 Å². The van der Waals surface area contributed by atoms with E-state index in [4.69, 9.17) is 19.2 Å². The van der Waals surface area contributed by atoms with Crippen LogP contribution >= 0.6 is 0 Å². The molecule has 1 atom stereocenters. The van der Waals surface area contributed by atoms with Crippen LogP contribution < -0.4 is 14.8 Å². The summed E-state index contributed by atoms with van der Waals surface area (Å²) in [6.45, 7) is 2.33. The van der Waals surface area contributed by atoms with Gasteiger partial charge in [0.2, 0.25) is 6.79 Å². The zero-order valence-electron chi connectivity index (χ0n) is 19.6. The number of hydrogen-bond donors (Lipinski definition) is 1. The third kappa shape index (κ3) is 3.73. The molecule has 3 aromatic rings. The first-order valence-electron chi connectivity index (χ1n) is 11.8. The molecule has 3 aliphatic rings. The van der Waals surface area contributed by atoms with Gasteiger partial charge in [0.05, 0.1) is 16.8 Å². The first-order valence-corrected chi connectivity index (χ1v) is 11.8. The number of imide groups is 1. The lowest BCUT2D eigenvalue weighted by atomic mass is 10.0. The topological polar surface area (TPSA) is 107 Å². The van der Waals surface area contributed by atoms with Crippen LogP contribution in [0.5, 0.6) is 11.5 Å². The van der Waals surface area contributed by atoms with Crippen molar-refractivity contribution in [2.75, 3.05) is 19.9 Å². The fourth-order valence-electron chi connectivity index (χ4n) is 4.89. The molecule has 1 fully saturated rings. The highest BCUT2D eigenvalue weighted by Gasteiger charge is 2.34. The van der Waals surface area contributed by atoms with E-state index in [1.807, 2.05) is 48.5 Å². The smallest absolute Gasteiger partial charge is 0.339 e. The number of aromatic nitrogens is 1. The molecule has 1 N–H and O–H groups in total. The van der Waals surface area contributed by atoms with E-state index in [1.165, 1.54) is 6.92 Å². The number of carbonyl (C=O) groups is 3. The number of hydrogen-bond acceptors (Lipinski definition) is 7. The van der Waals surface area contributed by atoms with Gasteiger partial charge < -0.3 is 19.5 Å². The minimum atomic E-state index is -1.10. The number of esters is 1. The summed E-state index contributed by atoms with van der Waals surface area (Å²) in [5.41, 5.74) is 4.57. The van der Waals surface area contributed by atoms with Gasteiger partial charge in [-0.1, -0.05) is 24.3 Å². The fraction of sp³-hybridized carbons (Fsp3) is 0.259. The highest BCUT2D eigenvalue weighted by Crippen LogP contribution is 2.39. The first kappa shape index (κ1) is 22.1. The van der Waals surface area contributed by atoms with Crippen LogP contribution in [0.15, 0.2) is 42.5 Å². The second-order valence-electron chi connectivity index (χ2n) is 8.88. The van der Waals surface area contributed by atoms with Crippen molar-refractivity contribution < 1.29 is 28.6 Å². The molecule has 6 rings (SSSR count). The number of allylic oxidation sites excluding steroid dienone is 1. The van der Waals surface area contributed by atoms with Crippen molar-refractivity contribution in [2.24, 2.45) is 0 Å². The molecule has 0 radical (unpaired) electrons. The number of rotatable bonds is 4. The average molecular weight is 485 g/mol. The van der Waals surface area contributed by atoms with E-state index in [-0.39, 0.29) is 13.3 Å². The molecule has 0 bridgehead atoms. The Morgan fingerprint density at radius 2 is 1.97 bits per heavy atom. The monoisotopic (exact) mass is 485 g/mol. The van der Waals surface area contributed by atoms with Crippen LogP contribution in [0.3, 0.4) is 0 Å². The molecule has 9 heteroatoms. The van der Waals surface area contributed by atoms with Crippen molar-refractivity contribution in [1.82, 2.24) is 15.2 Å². The summed E-state index contributed by atoms with van der Waals surface area (Å²) in [4.78, 5) is 44.0. The number of carbonyl (C=O) groups excluding carboxylic acids is 3. The van der Waals surface area contributed by atoms with Gasteiger partial charge in [-0.15, -0.1) is 0 Å². The highest BCUT2D eigenvalue weighted by atomic mass is 16.7. The number of fused-ring (bicyclic) bond motifs is 3. The molecule has 1 saturated heterocycles. The Balaban J connectivity index is 1.36.